The van der Waals surface area contributed by atoms with Crippen molar-refractivity contribution < 1.29 is 14.3 Å². The molecule has 0 spiro atoms. The Morgan fingerprint density at radius 1 is 1.18 bits per heavy atom. The molecule has 2 fully saturated rings. The van der Waals surface area contributed by atoms with Crippen molar-refractivity contribution in [1.82, 2.24) is 9.80 Å². The van der Waals surface area contributed by atoms with Gasteiger partial charge in [0.15, 0.2) is 0 Å². The zero-order valence-electron chi connectivity index (χ0n) is 14.8. The highest BCUT2D eigenvalue weighted by atomic mass is 16.6. The normalized spacial score (nSPS) is 31.1. The van der Waals surface area contributed by atoms with Crippen molar-refractivity contribution in [2.45, 2.75) is 65.3 Å². The summed E-state index contributed by atoms with van der Waals surface area (Å²) in [5.74, 6) is 0.541. The molecule has 5 heteroatoms. The Bertz CT molecular complexity index is 371. The predicted octanol–water partition coefficient (Wildman–Crippen LogP) is 2.74. The topological polar surface area (TPSA) is 42.0 Å². The van der Waals surface area contributed by atoms with Crippen molar-refractivity contribution >= 4 is 6.09 Å². The monoisotopic (exact) mass is 312 g/mol. The SMILES string of the molecule is C[C@@H]1CN(C[C@H]2CCCN(C(=O)OC(C)(C)C)C2)C[C@H](C)O1. The van der Waals surface area contributed by atoms with E-state index in [-0.39, 0.29) is 6.09 Å². The first-order valence-electron chi connectivity index (χ1n) is 8.58. The van der Waals surface area contributed by atoms with Crippen molar-refractivity contribution in [2.24, 2.45) is 5.92 Å². The van der Waals surface area contributed by atoms with Crippen molar-refractivity contribution in [1.29, 1.82) is 0 Å². The number of carbonyl (C=O) groups excluding carboxylic acids is 1. The summed E-state index contributed by atoms with van der Waals surface area (Å²) in [5, 5.41) is 0. The van der Waals surface area contributed by atoms with Gasteiger partial charge in [0.25, 0.3) is 0 Å². The van der Waals surface area contributed by atoms with E-state index < -0.39 is 5.60 Å². The second kappa shape index (κ2) is 7.18. The van der Waals surface area contributed by atoms with E-state index in [1.165, 1.54) is 6.42 Å². The van der Waals surface area contributed by atoms with Crippen molar-refractivity contribution in [2.75, 3.05) is 32.7 Å². The number of amides is 1. The molecule has 2 saturated heterocycles. The molecule has 128 valence electrons. The molecule has 2 aliphatic heterocycles. The van der Waals surface area contributed by atoms with Crippen LogP contribution in [0.5, 0.6) is 0 Å². The lowest BCUT2D eigenvalue weighted by Gasteiger charge is -2.40. The van der Waals surface area contributed by atoms with Crippen LogP contribution >= 0.6 is 0 Å². The van der Waals surface area contributed by atoms with Gasteiger partial charge in [0, 0.05) is 32.7 Å². The van der Waals surface area contributed by atoms with Crippen LogP contribution in [0.1, 0.15) is 47.5 Å². The number of morpholine rings is 1. The minimum Gasteiger partial charge on any atom is -0.444 e. The Kier molecular flexibility index (Phi) is 5.72. The summed E-state index contributed by atoms with van der Waals surface area (Å²) in [7, 11) is 0. The van der Waals surface area contributed by atoms with Crippen LogP contribution < -0.4 is 0 Å². The molecule has 3 atom stereocenters. The van der Waals surface area contributed by atoms with Crippen molar-refractivity contribution in [3.05, 3.63) is 0 Å². The summed E-state index contributed by atoms with van der Waals surface area (Å²) in [6.07, 6.45) is 2.70. The number of carbonyl (C=O) groups is 1. The molecule has 0 aromatic heterocycles. The minimum atomic E-state index is -0.418. The molecular formula is C17H32N2O3. The van der Waals surface area contributed by atoms with Crippen molar-refractivity contribution in [3.8, 4) is 0 Å². The number of likely N-dealkylation sites (tertiary alicyclic amines) is 1. The van der Waals surface area contributed by atoms with Gasteiger partial charge in [-0.25, -0.2) is 4.79 Å². The summed E-state index contributed by atoms with van der Waals surface area (Å²) in [5.41, 5.74) is -0.418. The Labute approximate surface area is 134 Å². The average molecular weight is 312 g/mol. The fourth-order valence-corrected chi connectivity index (χ4v) is 3.51. The van der Waals surface area contributed by atoms with Gasteiger partial charge in [-0.2, -0.15) is 0 Å². The summed E-state index contributed by atoms with van der Waals surface area (Å²) >= 11 is 0. The standard InChI is InChI=1S/C17H32N2O3/c1-13-9-18(10-14(2)21-13)11-15-7-6-8-19(12-15)16(20)22-17(3,4)5/h13-15H,6-12H2,1-5H3/t13-,14+,15-/m1/s1. The molecular weight excluding hydrogens is 280 g/mol. The first-order valence-corrected chi connectivity index (χ1v) is 8.58. The largest absolute Gasteiger partial charge is 0.444 e. The number of ether oxygens (including phenoxy) is 2. The van der Waals surface area contributed by atoms with Crippen molar-refractivity contribution in [3.63, 3.8) is 0 Å². The highest BCUT2D eigenvalue weighted by Crippen LogP contribution is 2.22. The third-order valence-electron chi connectivity index (χ3n) is 4.18. The van der Waals surface area contributed by atoms with Gasteiger partial charge in [-0.05, 0) is 53.4 Å². The van der Waals surface area contributed by atoms with E-state index in [4.69, 9.17) is 9.47 Å². The van der Waals surface area contributed by atoms with Gasteiger partial charge in [-0.15, -0.1) is 0 Å². The van der Waals surface area contributed by atoms with Crippen LogP contribution in [0.25, 0.3) is 0 Å². The third kappa shape index (κ3) is 5.43. The maximum absolute atomic E-state index is 12.2. The van der Waals surface area contributed by atoms with Crippen LogP contribution in [0.4, 0.5) is 4.79 Å². The summed E-state index contributed by atoms with van der Waals surface area (Å²) in [4.78, 5) is 16.6. The lowest BCUT2D eigenvalue weighted by molar-refractivity contribution is -0.0738. The number of piperidine rings is 1. The molecule has 5 nitrogen and oxygen atoms in total. The van der Waals surface area contributed by atoms with E-state index in [0.717, 1.165) is 39.1 Å². The van der Waals surface area contributed by atoms with Gasteiger partial charge >= 0.3 is 6.09 Å². The molecule has 22 heavy (non-hydrogen) atoms. The van der Waals surface area contributed by atoms with Gasteiger partial charge in [0.1, 0.15) is 5.60 Å². The van der Waals surface area contributed by atoms with Gasteiger partial charge in [-0.1, -0.05) is 0 Å². The Morgan fingerprint density at radius 2 is 1.82 bits per heavy atom. The number of rotatable bonds is 2. The van der Waals surface area contributed by atoms with Crippen LogP contribution in [-0.4, -0.2) is 66.4 Å². The maximum atomic E-state index is 12.2. The van der Waals surface area contributed by atoms with Crippen LogP contribution in [0, 0.1) is 5.92 Å². The molecule has 0 radical (unpaired) electrons. The van der Waals surface area contributed by atoms with E-state index in [0.29, 0.717) is 18.1 Å². The van der Waals surface area contributed by atoms with E-state index in [9.17, 15) is 4.79 Å². The lowest BCUT2D eigenvalue weighted by atomic mass is 9.97. The van der Waals surface area contributed by atoms with Gasteiger partial charge in [0.2, 0.25) is 0 Å². The van der Waals surface area contributed by atoms with Crippen LogP contribution in [0.15, 0.2) is 0 Å². The van der Waals surface area contributed by atoms with Gasteiger partial charge in [-0.3, -0.25) is 4.90 Å². The lowest BCUT2D eigenvalue weighted by Crippen LogP contribution is -2.50. The molecule has 0 aliphatic carbocycles. The number of hydrogen-bond donors (Lipinski definition) is 0. The summed E-state index contributed by atoms with van der Waals surface area (Å²) in [6, 6.07) is 0. The van der Waals surface area contributed by atoms with Gasteiger partial charge in [0.05, 0.1) is 12.2 Å². The molecule has 2 aliphatic rings. The molecule has 0 bridgehead atoms. The smallest absolute Gasteiger partial charge is 0.410 e. The highest BCUT2D eigenvalue weighted by Gasteiger charge is 2.30. The molecule has 0 N–H and O–H groups in total. The first kappa shape index (κ1) is 17.5. The van der Waals surface area contributed by atoms with E-state index in [1.54, 1.807) is 0 Å². The zero-order valence-corrected chi connectivity index (χ0v) is 14.8. The molecule has 0 saturated carbocycles. The summed E-state index contributed by atoms with van der Waals surface area (Å²) < 4.78 is 11.3. The summed E-state index contributed by atoms with van der Waals surface area (Å²) in [6.45, 7) is 14.7. The molecule has 2 rings (SSSR count). The van der Waals surface area contributed by atoms with E-state index >= 15 is 0 Å². The molecule has 0 aromatic rings. The molecule has 2 heterocycles. The van der Waals surface area contributed by atoms with E-state index in [2.05, 4.69) is 18.7 Å². The quantitative estimate of drug-likeness (QED) is 0.786. The van der Waals surface area contributed by atoms with Gasteiger partial charge < -0.3 is 14.4 Å². The molecule has 1 amide bonds. The molecule has 0 unspecified atom stereocenters. The fraction of sp³-hybridized carbons (Fsp3) is 0.941. The first-order chi connectivity index (χ1) is 10.2. The molecule has 0 aromatic carbocycles. The predicted molar refractivity (Wildman–Crippen MR) is 87.0 cm³/mol. The number of nitrogens with zero attached hydrogens (tertiary/aromatic N) is 2. The third-order valence-corrected chi connectivity index (χ3v) is 4.18. The zero-order chi connectivity index (χ0) is 16.3. The van der Waals surface area contributed by atoms with Crippen LogP contribution in [-0.2, 0) is 9.47 Å². The Balaban J connectivity index is 1.84. The minimum absolute atomic E-state index is 0.166. The average Bonchev–Trinajstić information content (AvgIpc) is 2.35. The van der Waals surface area contributed by atoms with E-state index in [1.807, 2.05) is 25.7 Å². The maximum Gasteiger partial charge on any atom is 0.410 e. The second-order valence-electron chi connectivity index (χ2n) is 7.91. The fourth-order valence-electron chi connectivity index (χ4n) is 3.51. The Hall–Kier alpha value is -0.810. The Morgan fingerprint density at radius 3 is 2.41 bits per heavy atom. The number of hydrogen-bond acceptors (Lipinski definition) is 4. The van der Waals surface area contributed by atoms with Crippen LogP contribution in [0.2, 0.25) is 0 Å². The highest BCUT2D eigenvalue weighted by molar-refractivity contribution is 5.68. The second-order valence-corrected chi connectivity index (χ2v) is 7.91. The van der Waals surface area contributed by atoms with Crippen LogP contribution in [0.3, 0.4) is 0 Å².